The Kier molecular flexibility index (Phi) is 4.32. The minimum atomic E-state index is -1.06. The summed E-state index contributed by atoms with van der Waals surface area (Å²) in [6.07, 6.45) is 6.18. The van der Waals surface area contributed by atoms with Crippen LogP contribution in [0, 0.1) is 5.92 Å². The van der Waals surface area contributed by atoms with Crippen molar-refractivity contribution in [3.63, 3.8) is 0 Å². The van der Waals surface area contributed by atoms with Gasteiger partial charge in [0.1, 0.15) is 6.04 Å². The van der Waals surface area contributed by atoms with Crippen molar-refractivity contribution < 1.29 is 14.7 Å². The molecule has 2 aromatic rings. The molecule has 0 saturated carbocycles. The van der Waals surface area contributed by atoms with E-state index in [0.29, 0.717) is 5.56 Å². The Morgan fingerprint density at radius 1 is 1.33 bits per heavy atom. The van der Waals surface area contributed by atoms with Crippen LogP contribution in [0.25, 0.3) is 5.69 Å². The second-order valence-electron chi connectivity index (χ2n) is 4.92. The molecule has 7 nitrogen and oxygen atoms in total. The fraction of sp³-hybridized carbons (Fsp3) is 0.286. The number of hydrogen-bond donors (Lipinski definition) is 2. The molecule has 0 aliphatic heterocycles. The van der Waals surface area contributed by atoms with Gasteiger partial charge in [-0.3, -0.25) is 9.78 Å². The number of carboxylic acids is 1. The van der Waals surface area contributed by atoms with Gasteiger partial charge in [0.05, 0.1) is 23.6 Å². The fourth-order valence-corrected chi connectivity index (χ4v) is 1.81. The van der Waals surface area contributed by atoms with Gasteiger partial charge in [-0.05, 0) is 18.1 Å². The van der Waals surface area contributed by atoms with Gasteiger partial charge in [-0.25, -0.2) is 9.48 Å². The maximum Gasteiger partial charge on any atom is 0.326 e. The lowest BCUT2D eigenvalue weighted by Gasteiger charge is -2.17. The van der Waals surface area contributed by atoms with Crippen molar-refractivity contribution in [3.05, 3.63) is 42.5 Å². The number of hydrogen-bond acceptors (Lipinski definition) is 4. The van der Waals surface area contributed by atoms with Crippen LogP contribution in [-0.2, 0) is 4.79 Å². The smallest absolute Gasteiger partial charge is 0.326 e. The van der Waals surface area contributed by atoms with E-state index in [9.17, 15) is 9.59 Å². The zero-order chi connectivity index (χ0) is 15.4. The summed E-state index contributed by atoms with van der Waals surface area (Å²) in [5.74, 6) is -1.73. The minimum absolute atomic E-state index is 0.209. The third-order valence-electron chi connectivity index (χ3n) is 2.97. The number of amides is 1. The van der Waals surface area contributed by atoms with Crippen LogP contribution < -0.4 is 5.32 Å². The highest BCUT2D eigenvalue weighted by molar-refractivity contribution is 5.96. The number of carbonyl (C=O) groups is 2. The average Bonchev–Trinajstić information content (AvgIpc) is 2.94. The Hall–Kier alpha value is -2.70. The highest BCUT2D eigenvalue weighted by atomic mass is 16.4. The third-order valence-corrected chi connectivity index (χ3v) is 2.97. The highest BCUT2D eigenvalue weighted by Crippen LogP contribution is 2.08. The maximum absolute atomic E-state index is 12.1. The summed E-state index contributed by atoms with van der Waals surface area (Å²) >= 11 is 0. The summed E-state index contributed by atoms with van der Waals surface area (Å²) in [6.45, 7) is 3.47. The van der Waals surface area contributed by atoms with Gasteiger partial charge in [0, 0.05) is 12.4 Å². The van der Waals surface area contributed by atoms with Crippen LogP contribution in [0.5, 0.6) is 0 Å². The number of carboxylic acid groups (broad SMARTS) is 1. The lowest BCUT2D eigenvalue weighted by Crippen LogP contribution is -2.44. The molecular weight excluding hydrogens is 272 g/mol. The van der Waals surface area contributed by atoms with Crippen molar-refractivity contribution in [2.75, 3.05) is 0 Å². The second kappa shape index (κ2) is 6.17. The number of aliphatic carboxylic acids is 1. The van der Waals surface area contributed by atoms with Crippen molar-refractivity contribution in [1.29, 1.82) is 0 Å². The van der Waals surface area contributed by atoms with Gasteiger partial charge < -0.3 is 10.4 Å². The van der Waals surface area contributed by atoms with E-state index >= 15 is 0 Å². The Morgan fingerprint density at radius 2 is 2.10 bits per heavy atom. The predicted octanol–water partition coefficient (Wildman–Crippen LogP) is 1.11. The molecule has 21 heavy (non-hydrogen) atoms. The summed E-state index contributed by atoms with van der Waals surface area (Å²) in [7, 11) is 0. The van der Waals surface area contributed by atoms with E-state index in [2.05, 4.69) is 15.4 Å². The first-order valence-electron chi connectivity index (χ1n) is 6.48. The van der Waals surface area contributed by atoms with Crippen LogP contribution in [-0.4, -0.2) is 37.8 Å². The van der Waals surface area contributed by atoms with Crippen molar-refractivity contribution >= 4 is 11.9 Å². The largest absolute Gasteiger partial charge is 0.480 e. The molecule has 2 rings (SSSR count). The predicted molar refractivity (Wildman–Crippen MR) is 75.1 cm³/mol. The van der Waals surface area contributed by atoms with Gasteiger partial charge in [-0.15, -0.1) is 0 Å². The molecular formula is C14H16N4O3. The molecule has 2 heterocycles. The number of nitrogens with zero attached hydrogens (tertiary/aromatic N) is 3. The zero-order valence-electron chi connectivity index (χ0n) is 11.7. The first-order valence-corrected chi connectivity index (χ1v) is 6.48. The first-order chi connectivity index (χ1) is 9.99. The van der Waals surface area contributed by atoms with Gasteiger partial charge in [-0.1, -0.05) is 13.8 Å². The van der Waals surface area contributed by atoms with Crippen LogP contribution in [0.2, 0.25) is 0 Å². The lowest BCUT2D eigenvalue weighted by molar-refractivity contribution is -0.140. The molecule has 0 bridgehead atoms. The highest BCUT2D eigenvalue weighted by Gasteiger charge is 2.24. The monoisotopic (exact) mass is 288 g/mol. The summed E-state index contributed by atoms with van der Waals surface area (Å²) in [6, 6.07) is 2.63. The molecule has 0 aliphatic carbocycles. The average molecular weight is 288 g/mol. The van der Waals surface area contributed by atoms with Crippen LogP contribution in [0.15, 0.2) is 36.9 Å². The van der Waals surface area contributed by atoms with E-state index in [0.717, 1.165) is 5.69 Å². The zero-order valence-corrected chi connectivity index (χ0v) is 11.7. The lowest BCUT2D eigenvalue weighted by atomic mass is 10.0. The first kappa shape index (κ1) is 14.7. The van der Waals surface area contributed by atoms with E-state index in [-0.39, 0.29) is 5.92 Å². The Balaban J connectivity index is 2.14. The van der Waals surface area contributed by atoms with Crippen LogP contribution in [0.3, 0.4) is 0 Å². The van der Waals surface area contributed by atoms with Crippen molar-refractivity contribution in [1.82, 2.24) is 20.1 Å². The molecule has 0 saturated heterocycles. The number of rotatable bonds is 5. The van der Waals surface area contributed by atoms with E-state index in [1.807, 2.05) is 0 Å². The van der Waals surface area contributed by atoms with Gasteiger partial charge in [0.15, 0.2) is 0 Å². The molecule has 110 valence electrons. The van der Waals surface area contributed by atoms with Crippen LogP contribution >= 0.6 is 0 Å². The Labute approximate surface area is 121 Å². The fourth-order valence-electron chi connectivity index (χ4n) is 1.81. The minimum Gasteiger partial charge on any atom is -0.480 e. The SMILES string of the molecule is CC(C)[C@@H](NC(=O)c1cnn(-c2cccnc2)c1)C(=O)O. The molecule has 0 radical (unpaired) electrons. The topological polar surface area (TPSA) is 97.1 Å². The number of aromatic nitrogens is 3. The van der Waals surface area contributed by atoms with E-state index < -0.39 is 17.9 Å². The number of nitrogens with one attached hydrogen (secondary N) is 1. The molecule has 1 atom stereocenters. The number of carbonyl (C=O) groups excluding carboxylic acids is 1. The van der Waals surface area contributed by atoms with Crippen molar-refractivity contribution in [2.45, 2.75) is 19.9 Å². The standard InChI is InChI=1S/C14H16N4O3/c1-9(2)12(14(20)21)17-13(19)10-6-16-18(8-10)11-4-3-5-15-7-11/h3-9,12H,1-2H3,(H,17,19)(H,20,21)/t12-/m1/s1. The van der Waals surface area contributed by atoms with E-state index in [1.165, 1.54) is 17.1 Å². The van der Waals surface area contributed by atoms with Gasteiger partial charge in [-0.2, -0.15) is 5.10 Å². The van der Waals surface area contributed by atoms with Gasteiger partial charge in [0.25, 0.3) is 5.91 Å². The van der Waals surface area contributed by atoms with Gasteiger partial charge in [0.2, 0.25) is 0 Å². The summed E-state index contributed by atoms with van der Waals surface area (Å²) in [5, 5.41) is 15.6. The summed E-state index contributed by atoms with van der Waals surface area (Å²) in [5.41, 5.74) is 1.01. The molecule has 0 fully saturated rings. The van der Waals surface area contributed by atoms with E-state index in [4.69, 9.17) is 5.11 Å². The molecule has 0 aliphatic rings. The Bertz CT molecular complexity index is 637. The summed E-state index contributed by atoms with van der Waals surface area (Å²) in [4.78, 5) is 27.1. The van der Waals surface area contributed by atoms with Gasteiger partial charge >= 0.3 is 5.97 Å². The maximum atomic E-state index is 12.1. The molecule has 1 amide bonds. The molecule has 2 N–H and O–H groups in total. The molecule has 7 heteroatoms. The normalized spacial score (nSPS) is 12.1. The van der Waals surface area contributed by atoms with Crippen molar-refractivity contribution in [2.24, 2.45) is 5.92 Å². The Morgan fingerprint density at radius 3 is 2.67 bits per heavy atom. The molecule has 0 spiro atoms. The van der Waals surface area contributed by atoms with Crippen LogP contribution in [0.1, 0.15) is 24.2 Å². The quantitative estimate of drug-likeness (QED) is 0.859. The second-order valence-corrected chi connectivity index (χ2v) is 4.92. The molecule has 2 aromatic heterocycles. The number of pyridine rings is 1. The van der Waals surface area contributed by atoms with Crippen LogP contribution in [0.4, 0.5) is 0 Å². The third kappa shape index (κ3) is 3.44. The molecule has 0 aromatic carbocycles. The van der Waals surface area contributed by atoms with E-state index in [1.54, 1.807) is 38.4 Å². The summed E-state index contributed by atoms with van der Waals surface area (Å²) < 4.78 is 1.51. The van der Waals surface area contributed by atoms with Crippen molar-refractivity contribution in [3.8, 4) is 5.69 Å². The molecule has 0 unspecified atom stereocenters.